The number of pyridine rings is 1. The third kappa shape index (κ3) is 5.64. The molecule has 1 fully saturated rings. The molecule has 0 unspecified atom stereocenters. The van der Waals surface area contributed by atoms with Gasteiger partial charge in [-0.1, -0.05) is 35.5 Å². The highest BCUT2D eigenvalue weighted by Crippen LogP contribution is 2.44. The smallest absolute Gasteiger partial charge is 0.229 e. The molecule has 1 aliphatic heterocycles. The fraction of sp³-hybridized carbons (Fsp3) is 0.185. The Morgan fingerprint density at radius 1 is 1.11 bits per heavy atom. The summed E-state index contributed by atoms with van der Waals surface area (Å²) >= 11 is 7.32. The number of nitrogens with one attached hydrogen (secondary N) is 2. The van der Waals surface area contributed by atoms with Crippen molar-refractivity contribution in [2.45, 2.75) is 29.0 Å². The first-order chi connectivity index (χ1) is 18.2. The molecule has 1 aliphatic rings. The highest BCUT2D eigenvalue weighted by Gasteiger charge is 2.42. The van der Waals surface area contributed by atoms with Crippen molar-refractivity contribution in [3.8, 4) is 5.75 Å². The van der Waals surface area contributed by atoms with Crippen molar-refractivity contribution in [1.29, 1.82) is 0 Å². The van der Waals surface area contributed by atoms with E-state index in [4.69, 9.17) is 21.4 Å². The van der Waals surface area contributed by atoms with E-state index in [0.717, 1.165) is 21.9 Å². The van der Waals surface area contributed by atoms with Crippen molar-refractivity contribution in [1.82, 2.24) is 10.3 Å². The minimum absolute atomic E-state index is 0.305. The third-order valence-electron chi connectivity index (χ3n) is 5.99. The number of rotatable bonds is 8. The molecule has 1 saturated heterocycles. The highest BCUT2D eigenvalue weighted by atomic mass is 32.2. The lowest BCUT2D eigenvalue weighted by Crippen LogP contribution is -2.29. The lowest BCUT2D eigenvalue weighted by molar-refractivity contribution is 0.383. The van der Waals surface area contributed by atoms with Crippen LogP contribution in [0.5, 0.6) is 5.75 Å². The first-order valence-electron chi connectivity index (χ1n) is 11.7. The number of benzene rings is 2. The maximum atomic E-state index is 12.0. The Balaban J connectivity index is 1.55. The SMILES string of the molecule is COc1ccc(N2C(=S)N[C@@H](c3ccccn3)[C@H]2c2ccc(Sc3ccc(C)cc3)o2)cc1NS(C)(=O)=O. The van der Waals surface area contributed by atoms with E-state index in [-0.39, 0.29) is 12.1 Å². The largest absolute Gasteiger partial charge is 0.495 e. The van der Waals surface area contributed by atoms with E-state index in [2.05, 4.69) is 46.2 Å². The van der Waals surface area contributed by atoms with E-state index in [1.807, 2.05) is 41.3 Å². The summed E-state index contributed by atoms with van der Waals surface area (Å²) < 4.78 is 38.3. The zero-order chi connectivity index (χ0) is 26.9. The van der Waals surface area contributed by atoms with Crippen LogP contribution in [-0.2, 0) is 10.0 Å². The van der Waals surface area contributed by atoms with E-state index < -0.39 is 10.0 Å². The molecule has 2 aromatic heterocycles. The van der Waals surface area contributed by atoms with Gasteiger partial charge in [0.1, 0.15) is 17.6 Å². The van der Waals surface area contributed by atoms with Crippen molar-refractivity contribution < 1.29 is 17.6 Å². The number of thiocarbonyl (C=S) groups is 1. The lowest BCUT2D eigenvalue weighted by atomic mass is 10.0. The quantitative estimate of drug-likeness (QED) is 0.261. The number of furan rings is 1. The second-order valence-electron chi connectivity index (χ2n) is 8.83. The van der Waals surface area contributed by atoms with Crippen LogP contribution < -0.4 is 19.7 Å². The topological polar surface area (TPSA) is 96.7 Å². The second-order valence-corrected chi connectivity index (χ2v) is 12.0. The maximum Gasteiger partial charge on any atom is 0.229 e. The number of hydrogen-bond acceptors (Lipinski definition) is 7. The molecule has 0 spiro atoms. The van der Waals surface area contributed by atoms with E-state index in [1.54, 1.807) is 18.3 Å². The van der Waals surface area contributed by atoms with Crippen LogP contribution in [0.1, 0.15) is 29.1 Å². The van der Waals surface area contributed by atoms with Gasteiger partial charge in [0, 0.05) is 16.8 Å². The minimum atomic E-state index is -3.54. The molecule has 0 amide bonds. The number of hydrogen-bond donors (Lipinski definition) is 2. The van der Waals surface area contributed by atoms with Gasteiger partial charge in [0.25, 0.3) is 0 Å². The number of methoxy groups -OCH3 is 1. The van der Waals surface area contributed by atoms with Crippen LogP contribution >= 0.6 is 24.0 Å². The summed E-state index contributed by atoms with van der Waals surface area (Å²) in [4.78, 5) is 7.56. The maximum absolute atomic E-state index is 12.0. The van der Waals surface area contributed by atoms with Gasteiger partial charge in [0.05, 0.1) is 30.8 Å². The van der Waals surface area contributed by atoms with Crippen LogP contribution in [0.3, 0.4) is 0 Å². The van der Waals surface area contributed by atoms with E-state index >= 15 is 0 Å². The van der Waals surface area contributed by atoms with Crippen LogP contribution in [0, 0.1) is 6.92 Å². The predicted octanol–water partition coefficient (Wildman–Crippen LogP) is 5.69. The Kier molecular flexibility index (Phi) is 7.33. The molecule has 4 aromatic rings. The Bertz CT molecular complexity index is 1560. The van der Waals surface area contributed by atoms with Crippen molar-refractivity contribution in [2.24, 2.45) is 0 Å². The van der Waals surface area contributed by atoms with Crippen LogP contribution in [0.2, 0.25) is 0 Å². The molecule has 38 heavy (non-hydrogen) atoms. The Labute approximate surface area is 231 Å². The molecule has 3 heterocycles. The van der Waals surface area contributed by atoms with Crippen LogP contribution in [-0.4, -0.2) is 31.9 Å². The summed E-state index contributed by atoms with van der Waals surface area (Å²) in [7, 11) is -2.05. The predicted molar refractivity (Wildman–Crippen MR) is 153 cm³/mol. The Morgan fingerprint density at radius 2 is 1.89 bits per heavy atom. The molecule has 0 aliphatic carbocycles. The lowest BCUT2D eigenvalue weighted by Gasteiger charge is -2.27. The van der Waals surface area contributed by atoms with Crippen LogP contribution in [0.25, 0.3) is 0 Å². The molecule has 0 bridgehead atoms. The third-order valence-corrected chi connectivity index (χ3v) is 7.82. The molecule has 2 aromatic carbocycles. The number of anilines is 2. The first kappa shape index (κ1) is 26.1. The highest BCUT2D eigenvalue weighted by molar-refractivity contribution is 7.99. The minimum Gasteiger partial charge on any atom is -0.495 e. The normalized spacial score (nSPS) is 17.3. The molecule has 2 atom stereocenters. The van der Waals surface area contributed by atoms with Gasteiger partial charge in [0.15, 0.2) is 10.2 Å². The fourth-order valence-corrected chi connectivity index (χ4v) is 6.00. The molecule has 0 saturated carbocycles. The second kappa shape index (κ2) is 10.7. The average Bonchev–Trinajstić information content (AvgIpc) is 3.49. The molecule has 5 rings (SSSR count). The van der Waals surface area contributed by atoms with Gasteiger partial charge >= 0.3 is 0 Å². The summed E-state index contributed by atoms with van der Waals surface area (Å²) in [5, 5.41) is 4.60. The summed E-state index contributed by atoms with van der Waals surface area (Å²) in [5.41, 5.74) is 2.97. The molecular weight excluding hydrogens is 541 g/mol. The standard InChI is InChI=1S/C27H26N4O4S3/c1-17-7-10-19(11-8-17)37-24-14-13-23(35-24)26-25(20-6-4-5-15-28-20)29-27(36)31(26)18-9-12-22(34-2)21(16-18)30-38(3,32)33/h4-16,25-26,30H,1-3H3,(H,29,36)/t25-,26+/m0/s1. The van der Waals surface area contributed by atoms with Gasteiger partial charge in [-0.3, -0.25) is 9.71 Å². The Hall–Kier alpha value is -3.54. The van der Waals surface area contributed by atoms with E-state index in [9.17, 15) is 8.42 Å². The van der Waals surface area contributed by atoms with Gasteiger partial charge in [-0.25, -0.2) is 8.42 Å². The van der Waals surface area contributed by atoms with E-state index in [0.29, 0.717) is 28.0 Å². The zero-order valence-electron chi connectivity index (χ0n) is 20.9. The number of ether oxygens (including phenoxy) is 1. The van der Waals surface area contributed by atoms with Crippen molar-refractivity contribution >= 4 is 50.5 Å². The molecule has 0 radical (unpaired) electrons. The average molecular weight is 567 g/mol. The monoisotopic (exact) mass is 566 g/mol. The van der Waals surface area contributed by atoms with Gasteiger partial charge < -0.3 is 19.4 Å². The number of aryl methyl sites for hydroxylation is 1. The number of nitrogens with zero attached hydrogens (tertiary/aromatic N) is 2. The Morgan fingerprint density at radius 3 is 2.58 bits per heavy atom. The summed E-state index contributed by atoms with van der Waals surface area (Å²) in [6.07, 6.45) is 2.83. The van der Waals surface area contributed by atoms with Gasteiger partial charge in [-0.05, 0) is 73.7 Å². The molecule has 196 valence electrons. The van der Waals surface area contributed by atoms with Crippen molar-refractivity contribution in [2.75, 3.05) is 23.0 Å². The number of sulfonamides is 1. The van der Waals surface area contributed by atoms with Gasteiger partial charge in [0.2, 0.25) is 10.0 Å². The first-order valence-corrected chi connectivity index (χ1v) is 14.8. The fourth-order valence-electron chi connectivity index (χ4n) is 4.32. The molecule has 2 N–H and O–H groups in total. The van der Waals surface area contributed by atoms with Crippen molar-refractivity contribution in [3.05, 3.63) is 96.0 Å². The van der Waals surface area contributed by atoms with Gasteiger partial charge in [-0.2, -0.15) is 0 Å². The summed E-state index contributed by atoms with van der Waals surface area (Å²) in [6.45, 7) is 2.05. The van der Waals surface area contributed by atoms with Crippen molar-refractivity contribution in [3.63, 3.8) is 0 Å². The van der Waals surface area contributed by atoms with Gasteiger partial charge in [-0.15, -0.1) is 0 Å². The van der Waals surface area contributed by atoms with Crippen LogP contribution in [0.4, 0.5) is 11.4 Å². The molecule has 8 nitrogen and oxygen atoms in total. The number of aromatic nitrogens is 1. The molecule has 11 heteroatoms. The summed E-state index contributed by atoms with van der Waals surface area (Å²) in [5.74, 6) is 1.08. The zero-order valence-corrected chi connectivity index (χ0v) is 23.4. The summed E-state index contributed by atoms with van der Waals surface area (Å²) in [6, 6.07) is 22.4. The van der Waals surface area contributed by atoms with E-state index in [1.165, 1.54) is 24.4 Å². The molecular formula is C27H26N4O4S3. The van der Waals surface area contributed by atoms with Crippen LogP contribution in [0.15, 0.2) is 93.4 Å².